The highest BCUT2D eigenvalue weighted by Gasteiger charge is 2.51. The highest BCUT2D eigenvalue weighted by molar-refractivity contribution is 5.95. The number of carbonyl (C=O) groups excluding carboxylic acids is 1. The minimum Gasteiger partial charge on any atom is -0.394 e. The summed E-state index contributed by atoms with van der Waals surface area (Å²) in [5, 5.41) is 19.6. The van der Waals surface area contributed by atoms with Crippen molar-refractivity contribution in [3.63, 3.8) is 0 Å². The molecule has 0 radical (unpaired) electrons. The molecule has 2 aromatic carbocycles. The van der Waals surface area contributed by atoms with Gasteiger partial charge in [0.1, 0.15) is 11.9 Å². The third-order valence-corrected chi connectivity index (χ3v) is 5.74. The predicted octanol–water partition coefficient (Wildman–Crippen LogP) is 3.89. The summed E-state index contributed by atoms with van der Waals surface area (Å²) in [5.41, 5.74) is 3.64. The van der Waals surface area contributed by atoms with Crippen LogP contribution in [0.1, 0.15) is 46.7 Å². The van der Waals surface area contributed by atoms with Crippen LogP contribution in [0.5, 0.6) is 0 Å². The summed E-state index contributed by atoms with van der Waals surface area (Å²) in [5.74, 6) is -1.21. The Bertz CT molecular complexity index is 961. The van der Waals surface area contributed by atoms with E-state index in [0.29, 0.717) is 0 Å². The van der Waals surface area contributed by atoms with Crippen LogP contribution in [0, 0.1) is 17.1 Å². The van der Waals surface area contributed by atoms with E-state index in [1.807, 2.05) is 24.3 Å². The van der Waals surface area contributed by atoms with Crippen molar-refractivity contribution in [2.75, 3.05) is 6.61 Å². The smallest absolute Gasteiger partial charge is 0.255 e. The van der Waals surface area contributed by atoms with Crippen molar-refractivity contribution in [2.45, 2.75) is 37.3 Å². The van der Waals surface area contributed by atoms with Gasteiger partial charge in [0, 0.05) is 11.5 Å². The van der Waals surface area contributed by atoms with Gasteiger partial charge in [0.2, 0.25) is 0 Å². The number of halogens is 1. The Hall–Kier alpha value is -2.97. The van der Waals surface area contributed by atoms with Crippen LogP contribution in [0.25, 0.3) is 5.57 Å². The number of amides is 1. The SMILES string of the molecule is N#C[C@@H]1[C@@H](c2ccc(C3=CCCC3)cc2)[C@H](CO)N1C(=O)c1cccc(F)c1. The van der Waals surface area contributed by atoms with Crippen molar-refractivity contribution in [1.82, 2.24) is 4.90 Å². The molecule has 4 nitrogen and oxygen atoms in total. The van der Waals surface area contributed by atoms with Crippen LogP contribution in [0.2, 0.25) is 0 Å². The van der Waals surface area contributed by atoms with Crippen molar-refractivity contribution in [1.29, 1.82) is 5.26 Å². The van der Waals surface area contributed by atoms with Crippen LogP contribution in [-0.2, 0) is 0 Å². The van der Waals surface area contributed by atoms with Crippen LogP contribution in [-0.4, -0.2) is 34.6 Å². The van der Waals surface area contributed by atoms with E-state index in [-0.39, 0.29) is 18.1 Å². The van der Waals surface area contributed by atoms with E-state index in [1.54, 1.807) is 0 Å². The molecule has 1 saturated heterocycles. The van der Waals surface area contributed by atoms with Crippen LogP contribution in [0.3, 0.4) is 0 Å². The number of hydrogen-bond donors (Lipinski definition) is 1. The van der Waals surface area contributed by atoms with E-state index < -0.39 is 23.8 Å². The molecule has 1 aliphatic heterocycles. The Morgan fingerprint density at radius 3 is 2.64 bits per heavy atom. The van der Waals surface area contributed by atoms with Gasteiger partial charge in [-0.3, -0.25) is 4.79 Å². The van der Waals surface area contributed by atoms with Crippen LogP contribution < -0.4 is 0 Å². The van der Waals surface area contributed by atoms with Gasteiger partial charge in [-0.05, 0) is 54.2 Å². The molecule has 4 rings (SSSR count). The molecular formula is C23H21FN2O2. The fraction of sp³-hybridized carbons (Fsp3) is 0.304. The van der Waals surface area contributed by atoms with Gasteiger partial charge in [-0.15, -0.1) is 0 Å². The quantitative estimate of drug-likeness (QED) is 0.881. The summed E-state index contributed by atoms with van der Waals surface area (Å²) in [6.45, 7) is -0.253. The average molecular weight is 376 g/mol. The maximum Gasteiger partial charge on any atom is 0.255 e. The van der Waals surface area contributed by atoms with E-state index in [2.05, 4.69) is 12.1 Å². The zero-order chi connectivity index (χ0) is 19.7. The number of nitriles is 1. The monoisotopic (exact) mass is 376 g/mol. The number of likely N-dealkylation sites (tertiary alicyclic amines) is 1. The Balaban J connectivity index is 1.58. The van der Waals surface area contributed by atoms with Crippen LogP contribution in [0.4, 0.5) is 4.39 Å². The van der Waals surface area contributed by atoms with Crippen molar-refractivity contribution in [3.05, 3.63) is 77.1 Å². The second-order valence-corrected chi connectivity index (χ2v) is 7.32. The minimum absolute atomic E-state index is 0.181. The third kappa shape index (κ3) is 3.10. The van der Waals surface area contributed by atoms with E-state index >= 15 is 0 Å². The van der Waals surface area contributed by atoms with Gasteiger partial charge < -0.3 is 10.0 Å². The first-order valence-electron chi connectivity index (χ1n) is 9.52. The number of carbonyl (C=O) groups is 1. The molecule has 0 aromatic heterocycles. The first-order chi connectivity index (χ1) is 13.6. The van der Waals surface area contributed by atoms with Crippen LogP contribution >= 0.6 is 0 Å². The van der Waals surface area contributed by atoms with E-state index in [4.69, 9.17) is 0 Å². The van der Waals surface area contributed by atoms with Gasteiger partial charge in [0.15, 0.2) is 0 Å². The fourth-order valence-corrected chi connectivity index (χ4v) is 4.31. The van der Waals surface area contributed by atoms with Gasteiger partial charge in [0.25, 0.3) is 5.91 Å². The summed E-state index contributed by atoms with van der Waals surface area (Å²) < 4.78 is 13.5. The number of nitrogens with zero attached hydrogens (tertiary/aromatic N) is 2. The molecule has 3 atom stereocenters. The first-order valence-corrected chi connectivity index (χ1v) is 9.52. The Morgan fingerprint density at radius 1 is 1.25 bits per heavy atom. The first kappa shape index (κ1) is 18.4. The molecule has 2 aliphatic rings. The Morgan fingerprint density at radius 2 is 2.04 bits per heavy atom. The zero-order valence-corrected chi connectivity index (χ0v) is 15.4. The lowest BCUT2D eigenvalue weighted by atomic mass is 9.75. The predicted molar refractivity (Wildman–Crippen MR) is 104 cm³/mol. The van der Waals surface area contributed by atoms with Gasteiger partial charge in [-0.25, -0.2) is 4.39 Å². The van der Waals surface area contributed by atoms with Crippen LogP contribution in [0.15, 0.2) is 54.6 Å². The third-order valence-electron chi connectivity index (χ3n) is 5.74. The van der Waals surface area contributed by atoms with E-state index in [0.717, 1.165) is 24.5 Å². The molecule has 142 valence electrons. The highest BCUT2D eigenvalue weighted by Crippen LogP contribution is 2.42. The highest BCUT2D eigenvalue weighted by atomic mass is 19.1. The van der Waals surface area contributed by atoms with E-state index in [1.165, 1.54) is 40.7 Å². The minimum atomic E-state index is -0.690. The molecule has 1 heterocycles. The fourth-order valence-electron chi connectivity index (χ4n) is 4.31. The van der Waals surface area contributed by atoms with Crippen molar-refractivity contribution in [2.24, 2.45) is 0 Å². The molecule has 1 aliphatic carbocycles. The molecule has 1 amide bonds. The van der Waals surface area contributed by atoms with Crippen molar-refractivity contribution in [3.8, 4) is 6.07 Å². The summed E-state index contributed by atoms with van der Waals surface area (Å²) in [7, 11) is 0. The molecule has 2 aromatic rings. The van der Waals surface area contributed by atoms with E-state index in [9.17, 15) is 19.6 Å². The standard InChI is InChI=1S/C23H21FN2O2/c24-19-7-3-6-18(12-19)23(28)26-20(13-25)22(21(26)14-27)17-10-8-16(9-11-17)15-4-1-2-5-15/h3-4,6-12,20-22,27H,1-2,5,14H2/t20-,21+,22-/m1/s1. The van der Waals surface area contributed by atoms with Gasteiger partial charge >= 0.3 is 0 Å². The zero-order valence-electron chi connectivity index (χ0n) is 15.4. The molecule has 1 N–H and O–H groups in total. The maximum atomic E-state index is 13.5. The summed E-state index contributed by atoms with van der Waals surface area (Å²) in [4.78, 5) is 14.2. The molecular weight excluding hydrogens is 355 g/mol. The summed E-state index contributed by atoms with van der Waals surface area (Å²) in [6, 6.07) is 14.5. The topological polar surface area (TPSA) is 64.3 Å². The normalized spacial score (nSPS) is 23.7. The molecule has 28 heavy (non-hydrogen) atoms. The number of rotatable bonds is 4. The lowest BCUT2D eigenvalue weighted by Crippen LogP contribution is -2.65. The number of aliphatic hydroxyl groups is 1. The summed E-state index contributed by atoms with van der Waals surface area (Å²) >= 11 is 0. The lowest BCUT2D eigenvalue weighted by Gasteiger charge is -2.51. The number of allylic oxidation sites excluding steroid dienone is 2. The second kappa shape index (κ2) is 7.57. The van der Waals surface area contributed by atoms with Gasteiger partial charge in [-0.2, -0.15) is 5.26 Å². The Kier molecular flexibility index (Phi) is 4.97. The second-order valence-electron chi connectivity index (χ2n) is 7.32. The lowest BCUT2D eigenvalue weighted by molar-refractivity contribution is -0.00588. The maximum absolute atomic E-state index is 13.5. The summed E-state index contributed by atoms with van der Waals surface area (Å²) in [6.07, 6.45) is 5.63. The number of aliphatic hydroxyl groups excluding tert-OH is 1. The average Bonchev–Trinajstić information content (AvgIpc) is 3.23. The van der Waals surface area contributed by atoms with Crippen molar-refractivity contribution >= 4 is 11.5 Å². The van der Waals surface area contributed by atoms with Crippen molar-refractivity contribution < 1.29 is 14.3 Å². The Labute approximate surface area is 163 Å². The molecule has 0 bridgehead atoms. The molecule has 0 unspecified atom stereocenters. The van der Waals surface area contributed by atoms with Gasteiger partial charge in [-0.1, -0.05) is 36.4 Å². The molecule has 0 spiro atoms. The molecule has 5 heteroatoms. The molecule has 0 saturated carbocycles. The molecule has 1 fully saturated rings. The number of hydrogen-bond acceptors (Lipinski definition) is 3. The number of benzene rings is 2. The largest absolute Gasteiger partial charge is 0.394 e. The van der Waals surface area contributed by atoms with Gasteiger partial charge in [0.05, 0.1) is 18.7 Å².